The lowest BCUT2D eigenvalue weighted by Gasteiger charge is -2.08. The van der Waals surface area contributed by atoms with Crippen LogP contribution in [-0.2, 0) is 9.59 Å². The second kappa shape index (κ2) is 4.81. The van der Waals surface area contributed by atoms with Crippen LogP contribution in [0.4, 0.5) is 5.69 Å². The first-order valence-corrected chi connectivity index (χ1v) is 7.18. The van der Waals surface area contributed by atoms with Crippen LogP contribution >= 0.6 is 0 Å². The number of allylic oxidation sites excluding steroid dienone is 3. The molecule has 1 amide bonds. The van der Waals surface area contributed by atoms with Gasteiger partial charge in [0.1, 0.15) is 0 Å². The van der Waals surface area contributed by atoms with Crippen molar-refractivity contribution in [3.8, 4) is 0 Å². The van der Waals surface area contributed by atoms with E-state index in [1.807, 2.05) is 60.7 Å². The summed E-state index contributed by atoms with van der Waals surface area (Å²) in [6.45, 7) is 0. The van der Waals surface area contributed by atoms with E-state index in [0.717, 1.165) is 16.8 Å². The monoisotopic (exact) mass is 287 g/mol. The lowest BCUT2D eigenvalue weighted by atomic mass is 9.93. The number of carbonyl (C=O) groups excluding carboxylic acids is 2. The van der Waals surface area contributed by atoms with Gasteiger partial charge in [-0.05, 0) is 11.6 Å². The van der Waals surface area contributed by atoms with E-state index in [9.17, 15) is 9.59 Å². The molecule has 1 N–H and O–H groups in total. The van der Waals surface area contributed by atoms with Crippen LogP contribution < -0.4 is 5.32 Å². The third kappa shape index (κ3) is 1.83. The molecule has 2 aliphatic rings. The van der Waals surface area contributed by atoms with E-state index in [-0.39, 0.29) is 17.6 Å². The summed E-state index contributed by atoms with van der Waals surface area (Å²) in [6, 6.07) is 17.1. The van der Waals surface area contributed by atoms with Crippen LogP contribution in [0.5, 0.6) is 0 Å². The summed E-state index contributed by atoms with van der Waals surface area (Å²) in [5.41, 5.74) is 3.49. The van der Waals surface area contributed by atoms with Crippen molar-refractivity contribution in [2.75, 3.05) is 5.32 Å². The Morgan fingerprint density at radius 3 is 2.41 bits per heavy atom. The van der Waals surface area contributed by atoms with Crippen molar-refractivity contribution in [3.63, 3.8) is 0 Å². The number of rotatable bonds is 1. The predicted molar refractivity (Wildman–Crippen MR) is 85.3 cm³/mol. The van der Waals surface area contributed by atoms with Crippen molar-refractivity contribution in [1.29, 1.82) is 0 Å². The smallest absolute Gasteiger partial charge is 0.257 e. The first-order valence-electron chi connectivity index (χ1n) is 7.18. The van der Waals surface area contributed by atoms with Crippen molar-refractivity contribution in [2.45, 2.75) is 5.92 Å². The molecule has 1 aliphatic carbocycles. The van der Waals surface area contributed by atoms with Crippen LogP contribution in [0.1, 0.15) is 17.0 Å². The van der Waals surface area contributed by atoms with Gasteiger partial charge in [0.2, 0.25) is 0 Å². The zero-order valence-electron chi connectivity index (χ0n) is 11.7. The quantitative estimate of drug-likeness (QED) is 0.818. The molecule has 3 nitrogen and oxygen atoms in total. The molecule has 106 valence electrons. The lowest BCUT2D eigenvalue weighted by molar-refractivity contribution is -0.116. The number of Topliss-reactive ketones (excluding diaryl/α,β-unsaturated/α-hetero) is 1. The molecule has 4 rings (SSSR count). The Morgan fingerprint density at radius 1 is 0.864 bits per heavy atom. The molecule has 1 aliphatic heterocycles. The molecule has 2 aromatic carbocycles. The van der Waals surface area contributed by atoms with Gasteiger partial charge in [0.15, 0.2) is 5.78 Å². The van der Waals surface area contributed by atoms with E-state index >= 15 is 0 Å². The van der Waals surface area contributed by atoms with Gasteiger partial charge in [0.05, 0.1) is 11.5 Å². The highest BCUT2D eigenvalue weighted by Crippen LogP contribution is 2.38. The Kier molecular flexibility index (Phi) is 2.79. The average Bonchev–Trinajstić information content (AvgIpc) is 3.07. The van der Waals surface area contributed by atoms with Crippen LogP contribution in [0.3, 0.4) is 0 Å². The predicted octanol–water partition coefficient (Wildman–Crippen LogP) is 3.32. The van der Waals surface area contributed by atoms with Gasteiger partial charge in [-0.15, -0.1) is 0 Å². The highest BCUT2D eigenvalue weighted by molar-refractivity contribution is 6.37. The molecule has 1 unspecified atom stereocenters. The molecule has 1 heterocycles. The lowest BCUT2D eigenvalue weighted by Crippen LogP contribution is -2.12. The van der Waals surface area contributed by atoms with Crippen LogP contribution in [0.15, 0.2) is 72.3 Å². The zero-order valence-corrected chi connectivity index (χ0v) is 11.7. The molecule has 0 saturated carbocycles. The SMILES string of the molecule is O=C1Nc2ccccc2/C1=C1\C=CC(c2ccccc2)C1=O. The third-order valence-corrected chi connectivity index (χ3v) is 4.10. The Labute approximate surface area is 128 Å². The van der Waals surface area contributed by atoms with Crippen molar-refractivity contribution in [3.05, 3.63) is 83.4 Å². The molecule has 2 aromatic rings. The van der Waals surface area contributed by atoms with E-state index < -0.39 is 0 Å². The summed E-state index contributed by atoms with van der Waals surface area (Å²) in [6.07, 6.45) is 3.64. The average molecular weight is 287 g/mol. The Bertz CT molecular complexity index is 847. The molecular weight excluding hydrogens is 274 g/mol. The summed E-state index contributed by atoms with van der Waals surface area (Å²) in [5, 5.41) is 2.82. The number of hydrogen-bond donors (Lipinski definition) is 1. The highest BCUT2D eigenvalue weighted by atomic mass is 16.2. The number of hydrogen-bond acceptors (Lipinski definition) is 2. The van der Waals surface area contributed by atoms with Gasteiger partial charge in [-0.2, -0.15) is 0 Å². The van der Waals surface area contributed by atoms with E-state index in [1.54, 1.807) is 6.08 Å². The van der Waals surface area contributed by atoms with Gasteiger partial charge < -0.3 is 5.32 Å². The van der Waals surface area contributed by atoms with E-state index in [1.165, 1.54) is 0 Å². The maximum Gasteiger partial charge on any atom is 0.257 e. The number of carbonyl (C=O) groups is 2. The van der Waals surface area contributed by atoms with Gasteiger partial charge in [-0.3, -0.25) is 9.59 Å². The Balaban J connectivity index is 1.81. The molecule has 0 bridgehead atoms. The summed E-state index contributed by atoms with van der Waals surface area (Å²) >= 11 is 0. The number of ketones is 1. The van der Waals surface area contributed by atoms with Gasteiger partial charge >= 0.3 is 0 Å². The minimum absolute atomic E-state index is 0.0203. The molecule has 22 heavy (non-hydrogen) atoms. The van der Waals surface area contributed by atoms with E-state index in [4.69, 9.17) is 0 Å². The largest absolute Gasteiger partial charge is 0.321 e. The van der Waals surface area contributed by atoms with E-state index in [2.05, 4.69) is 5.32 Å². The van der Waals surface area contributed by atoms with Crippen molar-refractivity contribution >= 4 is 23.0 Å². The Morgan fingerprint density at radius 2 is 1.59 bits per heavy atom. The molecule has 0 spiro atoms. The number of benzene rings is 2. The van der Waals surface area contributed by atoms with Crippen LogP contribution in [0, 0.1) is 0 Å². The Hall–Kier alpha value is -2.94. The fraction of sp³-hybridized carbons (Fsp3) is 0.0526. The second-order valence-electron chi connectivity index (χ2n) is 5.40. The number of amides is 1. The minimum atomic E-state index is -0.302. The molecular formula is C19H13NO2. The summed E-state index contributed by atoms with van der Waals surface area (Å²) < 4.78 is 0. The molecule has 1 atom stereocenters. The number of nitrogens with one attached hydrogen (secondary N) is 1. The standard InChI is InChI=1S/C19H13NO2/c21-18-13(12-6-2-1-3-7-12)10-11-15(18)17-14-8-4-5-9-16(14)20-19(17)22/h1-11,13H,(H,20,22)/b17-15-. The zero-order chi connectivity index (χ0) is 15.1. The van der Waals surface area contributed by atoms with E-state index in [0.29, 0.717) is 11.1 Å². The highest BCUT2D eigenvalue weighted by Gasteiger charge is 2.34. The third-order valence-electron chi connectivity index (χ3n) is 4.10. The second-order valence-corrected chi connectivity index (χ2v) is 5.40. The molecule has 0 radical (unpaired) electrons. The van der Waals surface area contributed by atoms with Crippen molar-refractivity contribution in [2.24, 2.45) is 0 Å². The topological polar surface area (TPSA) is 46.2 Å². The minimum Gasteiger partial charge on any atom is -0.321 e. The van der Waals surface area contributed by atoms with Crippen molar-refractivity contribution < 1.29 is 9.59 Å². The van der Waals surface area contributed by atoms with Crippen molar-refractivity contribution in [1.82, 2.24) is 0 Å². The van der Waals surface area contributed by atoms with Crippen LogP contribution in [0.25, 0.3) is 5.57 Å². The molecule has 0 saturated heterocycles. The van der Waals surface area contributed by atoms with Gasteiger partial charge in [-0.25, -0.2) is 0 Å². The van der Waals surface area contributed by atoms with Gasteiger partial charge in [-0.1, -0.05) is 60.7 Å². The summed E-state index contributed by atoms with van der Waals surface area (Å²) in [4.78, 5) is 25.0. The molecule has 0 aromatic heterocycles. The fourth-order valence-corrected chi connectivity index (χ4v) is 3.04. The maximum atomic E-state index is 12.7. The number of fused-ring (bicyclic) bond motifs is 1. The van der Waals surface area contributed by atoms with Gasteiger partial charge in [0, 0.05) is 16.8 Å². The number of para-hydroxylation sites is 1. The summed E-state index contributed by atoms with van der Waals surface area (Å²) in [5.74, 6) is -0.528. The van der Waals surface area contributed by atoms with Gasteiger partial charge in [0.25, 0.3) is 5.91 Å². The molecule has 0 fully saturated rings. The van der Waals surface area contributed by atoms with Crippen LogP contribution in [0.2, 0.25) is 0 Å². The normalized spacial score (nSPS) is 22.8. The van der Waals surface area contributed by atoms with Crippen LogP contribution in [-0.4, -0.2) is 11.7 Å². The first kappa shape index (κ1) is 12.8. The number of anilines is 1. The summed E-state index contributed by atoms with van der Waals surface area (Å²) in [7, 11) is 0. The molecule has 3 heteroatoms. The maximum absolute atomic E-state index is 12.7. The fourth-order valence-electron chi connectivity index (χ4n) is 3.04. The first-order chi connectivity index (χ1) is 10.8.